The Labute approximate surface area is 111 Å². The zero-order chi connectivity index (χ0) is 13.0. The number of nitrogens with one attached hydrogen (secondary N) is 1. The molecule has 2 aliphatic heterocycles. The van der Waals surface area contributed by atoms with Gasteiger partial charge in [-0.2, -0.15) is 0 Å². The molecule has 1 N–H and O–H groups in total. The summed E-state index contributed by atoms with van der Waals surface area (Å²) < 4.78 is 0. The minimum absolute atomic E-state index is 0.104. The molecule has 0 saturated carbocycles. The minimum atomic E-state index is 0.104. The lowest BCUT2D eigenvalue weighted by atomic mass is 10.1. The van der Waals surface area contributed by atoms with Gasteiger partial charge in [-0.3, -0.25) is 9.69 Å². The van der Waals surface area contributed by atoms with Crippen molar-refractivity contribution < 1.29 is 4.79 Å². The number of amides is 1. The van der Waals surface area contributed by atoms with Gasteiger partial charge in [0.05, 0.1) is 6.04 Å². The van der Waals surface area contributed by atoms with Gasteiger partial charge in [0, 0.05) is 26.2 Å². The molecule has 104 valence electrons. The van der Waals surface area contributed by atoms with Crippen molar-refractivity contribution in [3.8, 4) is 0 Å². The van der Waals surface area contributed by atoms with Crippen molar-refractivity contribution in [2.45, 2.75) is 39.2 Å². The monoisotopic (exact) mass is 253 g/mol. The largest absolute Gasteiger partial charge is 0.339 e. The molecular weight excluding hydrogens is 226 g/mol. The first-order chi connectivity index (χ1) is 8.66. The molecule has 0 aromatic carbocycles. The van der Waals surface area contributed by atoms with Crippen LogP contribution in [-0.4, -0.2) is 61.0 Å². The number of carbonyl (C=O) groups is 1. The molecule has 0 radical (unpaired) electrons. The number of piperazine rings is 1. The van der Waals surface area contributed by atoms with Crippen LogP contribution in [0.15, 0.2) is 0 Å². The summed E-state index contributed by atoms with van der Waals surface area (Å²) in [5.41, 5.74) is 0. The summed E-state index contributed by atoms with van der Waals surface area (Å²) in [6.45, 7) is 10.6. The number of hydrogen-bond acceptors (Lipinski definition) is 3. The summed E-state index contributed by atoms with van der Waals surface area (Å²) in [5.74, 6) is 1.10. The lowest BCUT2D eigenvalue weighted by Gasteiger charge is -2.36. The van der Waals surface area contributed by atoms with Crippen LogP contribution >= 0.6 is 0 Å². The number of hydrogen-bond donors (Lipinski definition) is 1. The van der Waals surface area contributed by atoms with Crippen LogP contribution in [0.25, 0.3) is 0 Å². The average Bonchev–Trinajstić information content (AvgIpc) is 2.90. The fraction of sp³-hybridized carbons (Fsp3) is 0.929. The summed E-state index contributed by atoms with van der Waals surface area (Å²) in [6.07, 6.45) is 3.43. The normalized spacial score (nSPS) is 25.9. The predicted molar refractivity (Wildman–Crippen MR) is 73.5 cm³/mol. The smallest absolute Gasteiger partial charge is 0.239 e. The average molecular weight is 253 g/mol. The third-order valence-corrected chi connectivity index (χ3v) is 4.07. The van der Waals surface area contributed by atoms with Gasteiger partial charge in [-0.15, -0.1) is 0 Å². The second kappa shape index (κ2) is 6.53. The summed E-state index contributed by atoms with van der Waals surface area (Å²) in [5, 5.41) is 3.30. The highest BCUT2D eigenvalue weighted by Crippen LogP contribution is 2.12. The zero-order valence-electron chi connectivity index (χ0n) is 11.8. The van der Waals surface area contributed by atoms with Gasteiger partial charge in [-0.1, -0.05) is 13.8 Å². The van der Waals surface area contributed by atoms with Crippen LogP contribution in [0.1, 0.15) is 33.1 Å². The lowest BCUT2D eigenvalue weighted by Crippen LogP contribution is -2.53. The zero-order valence-corrected chi connectivity index (χ0v) is 11.8. The first kappa shape index (κ1) is 13.8. The molecule has 4 heteroatoms. The van der Waals surface area contributed by atoms with Crippen molar-refractivity contribution in [1.29, 1.82) is 0 Å². The van der Waals surface area contributed by atoms with Gasteiger partial charge in [0.1, 0.15) is 0 Å². The lowest BCUT2D eigenvalue weighted by molar-refractivity contribution is -0.134. The molecule has 0 bridgehead atoms. The molecule has 0 aromatic rings. The standard InChI is InChI=1S/C14H27N3O/c1-12(2)5-7-16-8-10-17(11-9-16)14(18)13-4-3-6-15-13/h12-13,15H,3-11H2,1-2H3/t13-/m1/s1. The third-order valence-electron chi connectivity index (χ3n) is 4.07. The highest BCUT2D eigenvalue weighted by molar-refractivity contribution is 5.82. The maximum Gasteiger partial charge on any atom is 0.239 e. The van der Waals surface area contributed by atoms with Gasteiger partial charge in [0.25, 0.3) is 0 Å². The molecule has 2 saturated heterocycles. The van der Waals surface area contributed by atoms with E-state index < -0.39 is 0 Å². The van der Waals surface area contributed by atoms with Crippen LogP contribution in [0.4, 0.5) is 0 Å². The van der Waals surface area contributed by atoms with E-state index in [1.165, 1.54) is 13.0 Å². The van der Waals surface area contributed by atoms with Crippen molar-refractivity contribution in [3.05, 3.63) is 0 Å². The second-order valence-electron chi connectivity index (χ2n) is 6.00. The summed E-state index contributed by atoms with van der Waals surface area (Å²) in [6, 6.07) is 0.104. The predicted octanol–water partition coefficient (Wildman–Crippen LogP) is 0.929. The Morgan fingerprint density at radius 3 is 2.56 bits per heavy atom. The Kier molecular flexibility index (Phi) is 5.01. The Morgan fingerprint density at radius 1 is 1.28 bits per heavy atom. The molecule has 2 fully saturated rings. The fourth-order valence-corrected chi connectivity index (χ4v) is 2.75. The third kappa shape index (κ3) is 3.69. The maximum atomic E-state index is 12.2. The summed E-state index contributed by atoms with van der Waals surface area (Å²) in [4.78, 5) is 16.8. The van der Waals surface area contributed by atoms with Gasteiger partial charge in [-0.05, 0) is 38.3 Å². The quantitative estimate of drug-likeness (QED) is 0.809. The van der Waals surface area contributed by atoms with Crippen LogP contribution in [-0.2, 0) is 4.79 Å². The number of nitrogens with zero attached hydrogens (tertiary/aromatic N) is 2. The van der Waals surface area contributed by atoms with Crippen LogP contribution in [0.3, 0.4) is 0 Å². The van der Waals surface area contributed by atoms with E-state index in [9.17, 15) is 4.79 Å². The Hall–Kier alpha value is -0.610. The van der Waals surface area contributed by atoms with Gasteiger partial charge >= 0.3 is 0 Å². The highest BCUT2D eigenvalue weighted by Gasteiger charge is 2.28. The van der Waals surface area contributed by atoms with Crippen molar-refractivity contribution in [2.24, 2.45) is 5.92 Å². The van der Waals surface area contributed by atoms with E-state index in [2.05, 4.69) is 29.0 Å². The Morgan fingerprint density at radius 2 is 2.00 bits per heavy atom. The van der Waals surface area contributed by atoms with Crippen molar-refractivity contribution in [1.82, 2.24) is 15.1 Å². The molecule has 0 spiro atoms. The molecular formula is C14H27N3O. The molecule has 0 unspecified atom stereocenters. The van der Waals surface area contributed by atoms with Gasteiger partial charge < -0.3 is 10.2 Å². The summed E-state index contributed by atoms with van der Waals surface area (Å²) >= 11 is 0. The molecule has 2 aliphatic rings. The number of rotatable bonds is 4. The maximum absolute atomic E-state index is 12.2. The van der Waals surface area contributed by atoms with E-state index in [1.54, 1.807) is 0 Å². The van der Waals surface area contributed by atoms with Gasteiger partial charge in [0.15, 0.2) is 0 Å². The molecule has 4 nitrogen and oxygen atoms in total. The first-order valence-electron chi connectivity index (χ1n) is 7.41. The van der Waals surface area contributed by atoms with Crippen LogP contribution in [0.2, 0.25) is 0 Å². The molecule has 1 amide bonds. The van der Waals surface area contributed by atoms with Crippen LogP contribution in [0, 0.1) is 5.92 Å². The van der Waals surface area contributed by atoms with Crippen molar-refractivity contribution >= 4 is 5.91 Å². The van der Waals surface area contributed by atoms with Crippen molar-refractivity contribution in [3.63, 3.8) is 0 Å². The second-order valence-corrected chi connectivity index (χ2v) is 6.00. The molecule has 2 rings (SSSR count). The van der Waals surface area contributed by atoms with E-state index in [1.807, 2.05) is 0 Å². The molecule has 0 aromatic heterocycles. The van der Waals surface area contributed by atoms with Gasteiger partial charge in [-0.25, -0.2) is 0 Å². The number of carbonyl (C=O) groups excluding carboxylic acids is 1. The minimum Gasteiger partial charge on any atom is -0.339 e. The molecule has 18 heavy (non-hydrogen) atoms. The Balaban J connectivity index is 1.70. The van der Waals surface area contributed by atoms with Crippen molar-refractivity contribution in [2.75, 3.05) is 39.3 Å². The van der Waals surface area contributed by atoms with Crippen LogP contribution < -0.4 is 5.32 Å². The topological polar surface area (TPSA) is 35.6 Å². The highest BCUT2D eigenvalue weighted by atomic mass is 16.2. The van der Waals surface area contributed by atoms with Gasteiger partial charge in [0.2, 0.25) is 5.91 Å². The SMILES string of the molecule is CC(C)CCN1CCN(C(=O)[C@H]2CCCN2)CC1. The van der Waals surface area contributed by atoms with E-state index >= 15 is 0 Å². The van der Waals surface area contributed by atoms with Crippen LogP contribution in [0.5, 0.6) is 0 Å². The van der Waals surface area contributed by atoms with E-state index in [-0.39, 0.29) is 6.04 Å². The molecule has 1 atom stereocenters. The van der Waals surface area contributed by atoms with E-state index in [0.717, 1.165) is 51.5 Å². The Bertz CT molecular complexity index is 266. The summed E-state index contributed by atoms with van der Waals surface area (Å²) in [7, 11) is 0. The van der Waals surface area contributed by atoms with E-state index in [0.29, 0.717) is 5.91 Å². The van der Waals surface area contributed by atoms with E-state index in [4.69, 9.17) is 0 Å². The first-order valence-corrected chi connectivity index (χ1v) is 7.41. The fourth-order valence-electron chi connectivity index (χ4n) is 2.75. The molecule has 0 aliphatic carbocycles. The molecule has 2 heterocycles.